The molecule has 3 heterocycles. The third kappa shape index (κ3) is 1.19. The van der Waals surface area contributed by atoms with Crippen LogP contribution in [0.15, 0.2) is 0 Å². The summed E-state index contributed by atoms with van der Waals surface area (Å²) in [5.41, 5.74) is 0. The zero-order chi connectivity index (χ0) is 17.5. The molecule has 8 unspecified atom stereocenters. The molecule has 8 aliphatic carbocycles. The highest BCUT2D eigenvalue weighted by molar-refractivity contribution is 6.62. The Labute approximate surface area is 168 Å². The summed E-state index contributed by atoms with van der Waals surface area (Å²) < 4.78 is 13.0. The zero-order valence-electron chi connectivity index (χ0n) is 16.9. The third-order valence-electron chi connectivity index (χ3n) is 13.7. The lowest BCUT2D eigenvalue weighted by Gasteiger charge is -2.42. The van der Waals surface area contributed by atoms with Gasteiger partial charge in [-0.2, -0.15) is 0 Å². The van der Waals surface area contributed by atoms with E-state index in [-0.39, 0.29) is 5.79 Å². The van der Waals surface area contributed by atoms with Crippen LogP contribution < -0.4 is 0 Å². The summed E-state index contributed by atoms with van der Waals surface area (Å²) in [5, 5.41) is 0. The van der Waals surface area contributed by atoms with Gasteiger partial charge in [-0.25, -0.2) is 0 Å². The van der Waals surface area contributed by atoms with E-state index in [0.29, 0.717) is 0 Å². The summed E-state index contributed by atoms with van der Waals surface area (Å²) in [6, 6.07) is 0. The summed E-state index contributed by atoms with van der Waals surface area (Å²) in [7, 11) is 0. The predicted molar refractivity (Wildman–Crippen MR) is 106 cm³/mol. The summed E-state index contributed by atoms with van der Waals surface area (Å²) in [5.74, 6) is 16.0. The number of hydrogen-bond acceptors (Lipinski definition) is 2. The van der Waals surface area contributed by atoms with Crippen LogP contribution in [0.2, 0.25) is 18.0 Å². The van der Waals surface area contributed by atoms with Crippen molar-refractivity contribution in [1.29, 1.82) is 0 Å². The molecule has 28 heavy (non-hydrogen) atoms. The standard InChI is InChI=1S/C25H33BO2/c1-3-10-5-2-6-11(4-1)26(10)9-12-13-15-17-14(12)18-16(13)20-19(15)23-21(17)22(18)24(20)25(23)27-7-8-28-25/h10-24H,1-9H2. The second kappa shape index (κ2) is 4.31. The molecular weight excluding hydrogens is 343 g/mol. The van der Waals surface area contributed by atoms with E-state index in [0.717, 1.165) is 96.7 Å². The lowest BCUT2D eigenvalue weighted by Crippen LogP contribution is -2.40. The molecule has 3 saturated heterocycles. The van der Waals surface area contributed by atoms with Gasteiger partial charge >= 0.3 is 0 Å². The van der Waals surface area contributed by atoms with Crippen LogP contribution in [0.4, 0.5) is 0 Å². The van der Waals surface area contributed by atoms with Crippen molar-refractivity contribution < 1.29 is 9.47 Å². The van der Waals surface area contributed by atoms with Crippen LogP contribution in [0.5, 0.6) is 0 Å². The minimum absolute atomic E-state index is 0.0617. The molecule has 11 rings (SSSR count). The van der Waals surface area contributed by atoms with Crippen molar-refractivity contribution in [1.82, 2.24) is 0 Å². The van der Waals surface area contributed by atoms with Crippen LogP contribution in [-0.2, 0) is 9.47 Å². The number of fused-ring (bicyclic) bond motifs is 2. The van der Waals surface area contributed by atoms with Gasteiger partial charge in [-0.05, 0) is 65.1 Å². The molecule has 3 heteroatoms. The molecule has 0 amide bonds. The van der Waals surface area contributed by atoms with Crippen LogP contribution in [0.1, 0.15) is 38.5 Å². The molecule has 8 saturated carbocycles. The van der Waals surface area contributed by atoms with Gasteiger partial charge in [-0.1, -0.05) is 56.5 Å². The Morgan fingerprint density at radius 2 is 1.07 bits per heavy atom. The van der Waals surface area contributed by atoms with Gasteiger partial charge in [0.1, 0.15) is 6.71 Å². The number of rotatable bonds is 2. The second-order valence-corrected chi connectivity index (χ2v) is 13.2. The highest BCUT2D eigenvalue weighted by Crippen LogP contribution is 2.96. The van der Waals surface area contributed by atoms with Crippen molar-refractivity contribution in [3.8, 4) is 0 Å². The topological polar surface area (TPSA) is 18.5 Å². The van der Waals surface area contributed by atoms with E-state index in [1.54, 1.807) is 44.8 Å². The maximum Gasteiger partial charge on any atom is 0.175 e. The van der Waals surface area contributed by atoms with Gasteiger partial charge in [0.2, 0.25) is 0 Å². The minimum atomic E-state index is -0.0617. The van der Waals surface area contributed by atoms with Gasteiger partial charge in [0.05, 0.1) is 13.2 Å². The van der Waals surface area contributed by atoms with E-state index in [1.807, 2.05) is 0 Å². The van der Waals surface area contributed by atoms with E-state index in [9.17, 15) is 0 Å². The fourth-order valence-electron chi connectivity index (χ4n) is 14.4. The van der Waals surface area contributed by atoms with Crippen molar-refractivity contribution in [2.45, 2.75) is 62.3 Å². The summed E-state index contributed by atoms with van der Waals surface area (Å²) in [6.45, 7) is 2.91. The largest absolute Gasteiger partial charge is 0.347 e. The highest BCUT2D eigenvalue weighted by atomic mass is 16.7. The molecule has 11 fully saturated rings. The minimum Gasteiger partial charge on any atom is -0.347 e. The fraction of sp³-hybridized carbons (Fsp3) is 1.00. The lowest BCUT2D eigenvalue weighted by atomic mass is 9.25. The fourth-order valence-corrected chi connectivity index (χ4v) is 14.4. The molecule has 0 aromatic carbocycles. The average molecular weight is 376 g/mol. The molecule has 148 valence electrons. The molecule has 1 spiro atoms. The molecule has 2 nitrogen and oxygen atoms in total. The Bertz CT molecular complexity index is 695. The van der Waals surface area contributed by atoms with Crippen molar-refractivity contribution in [3.05, 3.63) is 0 Å². The predicted octanol–water partition coefficient (Wildman–Crippen LogP) is 4.44. The number of ether oxygens (including phenoxy) is 2. The molecule has 0 N–H and O–H groups in total. The van der Waals surface area contributed by atoms with Crippen LogP contribution in [0.3, 0.4) is 0 Å². The molecule has 6 bridgehead atoms. The second-order valence-electron chi connectivity index (χ2n) is 13.2. The van der Waals surface area contributed by atoms with Gasteiger partial charge in [0.25, 0.3) is 0 Å². The molecule has 0 aromatic rings. The smallest absolute Gasteiger partial charge is 0.175 e. The Morgan fingerprint density at radius 1 is 0.607 bits per heavy atom. The first-order chi connectivity index (χ1) is 13.9. The van der Waals surface area contributed by atoms with Crippen LogP contribution in [0.25, 0.3) is 0 Å². The third-order valence-corrected chi connectivity index (χ3v) is 13.7. The monoisotopic (exact) mass is 376 g/mol. The van der Waals surface area contributed by atoms with Crippen LogP contribution in [-0.4, -0.2) is 25.7 Å². The van der Waals surface area contributed by atoms with Crippen molar-refractivity contribution in [2.75, 3.05) is 13.2 Å². The molecule has 8 atom stereocenters. The maximum atomic E-state index is 6.51. The summed E-state index contributed by atoms with van der Waals surface area (Å²) >= 11 is 0. The molecule has 0 aromatic heterocycles. The molecule has 11 aliphatic rings. The van der Waals surface area contributed by atoms with Crippen molar-refractivity contribution in [3.63, 3.8) is 0 Å². The van der Waals surface area contributed by atoms with Crippen LogP contribution >= 0.6 is 0 Å². The average Bonchev–Trinajstić information content (AvgIpc) is 3.46. The van der Waals surface area contributed by atoms with Gasteiger partial charge in [0, 0.05) is 11.8 Å². The normalized spacial score (nSPS) is 71.6. The first-order valence-corrected chi connectivity index (χ1v) is 13.2. The zero-order valence-corrected chi connectivity index (χ0v) is 16.9. The van der Waals surface area contributed by atoms with Gasteiger partial charge < -0.3 is 9.47 Å². The summed E-state index contributed by atoms with van der Waals surface area (Å²) in [6.07, 6.45) is 11.1. The van der Waals surface area contributed by atoms with E-state index in [2.05, 4.69) is 0 Å². The SMILES string of the molecule is C1CC2CCCC(C1)B2CC1C2C3C4C1C1C2C2C3C3C4C1C2C31OCCO1. The van der Waals surface area contributed by atoms with E-state index < -0.39 is 0 Å². The molecule has 0 radical (unpaired) electrons. The Morgan fingerprint density at radius 3 is 1.54 bits per heavy atom. The first kappa shape index (κ1) is 14.9. The van der Waals surface area contributed by atoms with E-state index in [4.69, 9.17) is 9.47 Å². The van der Waals surface area contributed by atoms with Crippen LogP contribution in [0, 0.1) is 76.9 Å². The van der Waals surface area contributed by atoms with E-state index in [1.165, 1.54) is 11.8 Å². The van der Waals surface area contributed by atoms with Gasteiger partial charge in [-0.3, -0.25) is 0 Å². The summed E-state index contributed by atoms with van der Waals surface area (Å²) in [4.78, 5) is 0. The van der Waals surface area contributed by atoms with Gasteiger partial charge in [-0.15, -0.1) is 0 Å². The van der Waals surface area contributed by atoms with E-state index >= 15 is 0 Å². The first-order valence-electron chi connectivity index (χ1n) is 13.2. The molecular formula is C25H33BO2. The Kier molecular flexibility index (Phi) is 2.30. The molecule has 3 aliphatic heterocycles. The number of hydrogen-bond donors (Lipinski definition) is 0. The Hall–Kier alpha value is -0.0151. The van der Waals surface area contributed by atoms with Gasteiger partial charge in [0.15, 0.2) is 5.79 Å². The maximum absolute atomic E-state index is 6.51. The van der Waals surface area contributed by atoms with Crippen molar-refractivity contribution in [2.24, 2.45) is 76.9 Å². The highest BCUT2D eigenvalue weighted by Gasteiger charge is 2.96. The Balaban J connectivity index is 1.05. The lowest BCUT2D eigenvalue weighted by molar-refractivity contribution is -0.199. The quantitative estimate of drug-likeness (QED) is 0.664. The van der Waals surface area contributed by atoms with Crippen molar-refractivity contribution >= 4 is 6.71 Å².